The van der Waals surface area contributed by atoms with Crippen LogP contribution >= 0.6 is 0 Å². The van der Waals surface area contributed by atoms with Gasteiger partial charge >= 0.3 is 0 Å². The van der Waals surface area contributed by atoms with Gasteiger partial charge in [0.25, 0.3) is 0 Å². The number of nitrogen functional groups attached to an aromatic ring is 2. The maximum absolute atomic E-state index is 6.17. The van der Waals surface area contributed by atoms with Crippen molar-refractivity contribution in [3.63, 3.8) is 0 Å². The third kappa shape index (κ3) is 15.8. The molecule has 0 heterocycles. The number of hydrogen-bond donors (Lipinski definition) is 2. The first-order valence-corrected chi connectivity index (χ1v) is 24.9. The fourth-order valence-corrected chi connectivity index (χ4v) is 10.3. The molecule has 3 atom stereocenters. The van der Waals surface area contributed by atoms with Gasteiger partial charge in [-0.1, -0.05) is 228 Å². The summed E-state index contributed by atoms with van der Waals surface area (Å²) in [6.45, 7) is 7.15. The van der Waals surface area contributed by atoms with Crippen LogP contribution in [0.1, 0.15) is 232 Å². The smallest absolute Gasteiger partial charge is 0.0314 e. The molecule has 4 N–H and O–H groups in total. The van der Waals surface area contributed by atoms with E-state index in [1.165, 1.54) is 194 Å². The van der Waals surface area contributed by atoms with Gasteiger partial charge in [-0.25, -0.2) is 0 Å². The second-order valence-electron chi connectivity index (χ2n) is 18.8. The molecule has 1 aliphatic carbocycles. The Morgan fingerprint density at radius 1 is 0.373 bits per heavy atom. The van der Waals surface area contributed by atoms with Crippen molar-refractivity contribution in [2.75, 3.05) is 11.5 Å². The lowest BCUT2D eigenvalue weighted by molar-refractivity contribution is 0.247. The van der Waals surface area contributed by atoms with Gasteiger partial charge in [0, 0.05) is 29.1 Å². The summed E-state index contributed by atoms with van der Waals surface area (Å²) in [6, 6.07) is 37.2. The molecule has 0 spiro atoms. The summed E-state index contributed by atoms with van der Waals surface area (Å²) in [6.07, 6.45) is 33.6. The van der Waals surface area contributed by atoms with Crippen LogP contribution in [-0.4, -0.2) is 0 Å². The lowest BCUT2D eigenvalue weighted by atomic mass is 9.76. The normalized spacial score (nSPS) is 15.5. The summed E-state index contributed by atoms with van der Waals surface area (Å²) in [7, 11) is 0. The van der Waals surface area contributed by atoms with E-state index in [1.807, 2.05) is 0 Å². The second kappa shape index (κ2) is 26.6. The Hall–Kier alpha value is -3.52. The molecule has 1 fully saturated rings. The van der Waals surface area contributed by atoms with E-state index in [0.717, 1.165) is 23.2 Å². The highest BCUT2D eigenvalue weighted by molar-refractivity contribution is 5.45. The third-order valence-corrected chi connectivity index (χ3v) is 14.2. The highest BCUT2D eigenvalue weighted by Gasteiger charge is 2.24. The van der Waals surface area contributed by atoms with Crippen molar-refractivity contribution >= 4 is 11.4 Å². The van der Waals surface area contributed by atoms with E-state index in [-0.39, 0.29) is 0 Å². The zero-order chi connectivity index (χ0) is 41.5. The SMILES string of the molecule is CCCCCCCCCCC(c1ccc(N)cc1)c1ccc(C(CCC(C)C2CCCCC2)c2ccc(C(CCCCCCCCCC)c3ccc(N)cc3)cc2)cc1. The van der Waals surface area contributed by atoms with Crippen LogP contribution in [0.5, 0.6) is 0 Å². The molecular weight excluding hydrogens is 713 g/mol. The molecule has 0 radical (unpaired) electrons. The van der Waals surface area contributed by atoms with Crippen molar-refractivity contribution in [1.82, 2.24) is 0 Å². The predicted octanol–water partition coefficient (Wildman–Crippen LogP) is 17.3. The average Bonchev–Trinajstić information content (AvgIpc) is 3.27. The minimum Gasteiger partial charge on any atom is -0.399 e. The Bertz CT molecular complexity index is 1540. The van der Waals surface area contributed by atoms with E-state index in [1.54, 1.807) is 0 Å². The summed E-state index contributed by atoms with van der Waals surface area (Å²) in [5.41, 5.74) is 22.6. The van der Waals surface area contributed by atoms with Gasteiger partial charge in [0.15, 0.2) is 0 Å². The molecule has 0 saturated heterocycles. The van der Waals surface area contributed by atoms with Gasteiger partial charge < -0.3 is 11.5 Å². The second-order valence-corrected chi connectivity index (χ2v) is 18.8. The number of anilines is 2. The molecule has 1 aliphatic rings. The van der Waals surface area contributed by atoms with Crippen LogP contribution in [0.3, 0.4) is 0 Å². The minimum atomic E-state index is 0.398. The number of benzene rings is 4. The molecule has 0 aliphatic heterocycles. The number of rotatable bonds is 28. The minimum absolute atomic E-state index is 0.398. The van der Waals surface area contributed by atoms with E-state index >= 15 is 0 Å². The highest BCUT2D eigenvalue weighted by atomic mass is 14.5. The highest BCUT2D eigenvalue weighted by Crippen LogP contribution is 2.39. The van der Waals surface area contributed by atoms with E-state index in [9.17, 15) is 0 Å². The predicted molar refractivity (Wildman–Crippen MR) is 260 cm³/mol. The molecule has 3 unspecified atom stereocenters. The Morgan fingerprint density at radius 2 is 0.661 bits per heavy atom. The fourth-order valence-electron chi connectivity index (χ4n) is 10.3. The van der Waals surface area contributed by atoms with Crippen LogP contribution in [0.4, 0.5) is 11.4 Å². The molecule has 59 heavy (non-hydrogen) atoms. The van der Waals surface area contributed by atoms with Gasteiger partial charge in [-0.3, -0.25) is 0 Å². The molecule has 0 bridgehead atoms. The van der Waals surface area contributed by atoms with Gasteiger partial charge in [0.1, 0.15) is 0 Å². The third-order valence-electron chi connectivity index (χ3n) is 14.2. The number of nitrogens with two attached hydrogens (primary N) is 2. The first kappa shape index (κ1) is 46.5. The van der Waals surface area contributed by atoms with Gasteiger partial charge in [-0.15, -0.1) is 0 Å². The monoisotopic (exact) mass is 797 g/mol. The van der Waals surface area contributed by atoms with Crippen molar-refractivity contribution in [2.45, 2.75) is 199 Å². The first-order valence-electron chi connectivity index (χ1n) is 24.9. The Labute approximate surface area is 362 Å². The van der Waals surface area contributed by atoms with Crippen molar-refractivity contribution < 1.29 is 0 Å². The zero-order valence-electron chi connectivity index (χ0n) is 38.0. The van der Waals surface area contributed by atoms with Crippen molar-refractivity contribution in [2.24, 2.45) is 11.8 Å². The van der Waals surface area contributed by atoms with Gasteiger partial charge in [0.05, 0.1) is 0 Å². The van der Waals surface area contributed by atoms with Crippen molar-refractivity contribution in [3.05, 3.63) is 130 Å². The lowest BCUT2D eigenvalue weighted by Crippen LogP contribution is -2.16. The van der Waals surface area contributed by atoms with Crippen LogP contribution in [0, 0.1) is 11.8 Å². The number of hydrogen-bond acceptors (Lipinski definition) is 2. The number of unbranched alkanes of at least 4 members (excludes halogenated alkanes) is 14. The van der Waals surface area contributed by atoms with Crippen LogP contribution < -0.4 is 11.5 Å². The lowest BCUT2D eigenvalue weighted by Gasteiger charge is -2.29. The summed E-state index contributed by atoms with van der Waals surface area (Å²) in [5.74, 6) is 2.87. The van der Waals surface area contributed by atoms with Crippen molar-refractivity contribution in [3.8, 4) is 0 Å². The largest absolute Gasteiger partial charge is 0.399 e. The molecule has 4 aromatic rings. The van der Waals surface area contributed by atoms with Crippen LogP contribution in [0.15, 0.2) is 97.1 Å². The quantitative estimate of drug-likeness (QED) is 0.0444. The topological polar surface area (TPSA) is 52.0 Å². The van der Waals surface area contributed by atoms with Gasteiger partial charge in [0.2, 0.25) is 0 Å². The molecule has 0 amide bonds. The van der Waals surface area contributed by atoms with Gasteiger partial charge in [-0.2, -0.15) is 0 Å². The Morgan fingerprint density at radius 3 is 1.00 bits per heavy atom. The zero-order valence-corrected chi connectivity index (χ0v) is 38.0. The molecular formula is C57H84N2. The summed E-state index contributed by atoms with van der Waals surface area (Å²) in [5, 5.41) is 0. The average molecular weight is 797 g/mol. The maximum Gasteiger partial charge on any atom is 0.0314 e. The Balaban J connectivity index is 1.33. The van der Waals surface area contributed by atoms with E-state index in [2.05, 4.69) is 118 Å². The van der Waals surface area contributed by atoms with Crippen LogP contribution in [0.25, 0.3) is 0 Å². The van der Waals surface area contributed by atoms with Gasteiger partial charge in [-0.05, 0) is 95.2 Å². The summed E-state index contributed by atoms with van der Waals surface area (Å²) in [4.78, 5) is 0. The molecule has 2 heteroatoms. The summed E-state index contributed by atoms with van der Waals surface area (Å²) < 4.78 is 0. The Kier molecular flexibility index (Phi) is 21.0. The van der Waals surface area contributed by atoms with E-state index in [0.29, 0.717) is 17.8 Å². The molecule has 0 aromatic heterocycles. The van der Waals surface area contributed by atoms with Crippen LogP contribution in [0.2, 0.25) is 0 Å². The maximum atomic E-state index is 6.17. The molecule has 322 valence electrons. The van der Waals surface area contributed by atoms with E-state index in [4.69, 9.17) is 11.5 Å². The summed E-state index contributed by atoms with van der Waals surface area (Å²) >= 11 is 0. The van der Waals surface area contributed by atoms with E-state index < -0.39 is 0 Å². The molecule has 5 rings (SSSR count). The molecule has 4 aromatic carbocycles. The molecule has 1 saturated carbocycles. The molecule has 2 nitrogen and oxygen atoms in total. The van der Waals surface area contributed by atoms with Crippen LogP contribution in [-0.2, 0) is 0 Å². The van der Waals surface area contributed by atoms with Crippen molar-refractivity contribution in [1.29, 1.82) is 0 Å². The first-order chi connectivity index (χ1) is 29.0. The standard InChI is InChI=1S/C57H84N2/c1-4-6-8-10-12-14-16-21-25-55(51-36-40-53(58)41-37-51)47-28-32-49(33-29-47)57(44-27-45(3)46-23-19-18-20-24-46)50-34-30-48(31-35-50)56(52-38-42-54(59)43-39-52)26-22-17-15-13-11-9-7-5-2/h28-43,45-46,55-57H,4-27,44,58-59H2,1-3H3. The fraction of sp³-hybridized carbons (Fsp3) is 0.579.